The van der Waals surface area contributed by atoms with E-state index in [1.54, 1.807) is 0 Å². The summed E-state index contributed by atoms with van der Waals surface area (Å²) in [7, 11) is 0. The number of rotatable bonds is 7. The van der Waals surface area contributed by atoms with Crippen LogP contribution in [-0.2, 0) is 6.54 Å². The number of piperidine rings is 1. The Labute approximate surface area is 123 Å². The average molecular weight is 278 g/mol. The van der Waals surface area contributed by atoms with Crippen LogP contribution in [0.15, 0.2) is 12.4 Å². The minimum atomic E-state index is 0.400. The summed E-state index contributed by atoms with van der Waals surface area (Å²) in [6.45, 7) is 12.6. The lowest BCUT2D eigenvalue weighted by Crippen LogP contribution is -2.35. The molecule has 1 aromatic rings. The molecule has 1 N–H and O–H groups in total. The maximum absolute atomic E-state index is 4.33. The highest BCUT2D eigenvalue weighted by atomic mass is 15.3. The topological polar surface area (TPSA) is 33.1 Å². The molecule has 1 aliphatic rings. The summed E-state index contributed by atoms with van der Waals surface area (Å²) in [5, 5.41) is 7.94. The Morgan fingerprint density at radius 3 is 2.80 bits per heavy atom. The Bertz CT molecular complexity index is 380. The summed E-state index contributed by atoms with van der Waals surface area (Å²) in [5.41, 5.74) is 1.29. The standard InChI is InChI=1S/C16H30N4/c1-4-20-13-16(12-18-20)15(3)17-8-5-9-19-10-6-14(2)7-11-19/h12-15,17H,4-11H2,1-3H3. The smallest absolute Gasteiger partial charge is 0.0537 e. The summed E-state index contributed by atoms with van der Waals surface area (Å²) in [6.07, 6.45) is 8.11. The second kappa shape index (κ2) is 7.79. The normalized spacial score (nSPS) is 19.4. The van der Waals surface area contributed by atoms with Crippen molar-refractivity contribution in [3.8, 4) is 0 Å². The molecule has 1 fully saturated rings. The Morgan fingerprint density at radius 2 is 2.15 bits per heavy atom. The molecule has 0 radical (unpaired) electrons. The zero-order valence-corrected chi connectivity index (χ0v) is 13.3. The van der Waals surface area contributed by atoms with Gasteiger partial charge in [-0.3, -0.25) is 4.68 Å². The molecule has 0 bridgehead atoms. The maximum Gasteiger partial charge on any atom is 0.0537 e. The number of hydrogen-bond acceptors (Lipinski definition) is 3. The van der Waals surface area contributed by atoms with Gasteiger partial charge in [0.2, 0.25) is 0 Å². The van der Waals surface area contributed by atoms with Crippen molar-refractivity contribution < 1.29 is 0 Å². The minimum Gasteiger partial charge on any atom is -0.310 e. The monoisotopic (exact) mass is 278 g/mol. The van der Waals surface area contributed by atoms with Gasteiger partial charge in [0.15, 0.2) is 0 Å². The average Bonchev–Trinajstić information content (AvgIpc) is 2.94. The highest BCUT2D eigenvalue weighted by Gasteiger charge is 2.15. The lowest BCUT2D eigenvalue weighted by Gasteiger charge is -2.30. The van der Waals surface area contributed by atoms with Gasteiger partial charge in [-0.2, -0.15) is 5.10 Å². The van der Waals surface area contributed by atoms with E-state index in [9.17, 15) is 0 Å². The first-order valence-corrected chi connectivity index (χ1v) is 8.17. The van der Waals surface area contributed by atoms with Gasteiger partial charge in [-0.1, -0.05) is 6.92 Å². The van der Waals surface area contributed by atoms with Crippen LogP contribution in [0.5, 0.6) is 0 Å². The lowest BCUT2D eigenvalue weighted by molar-refractivity contribution is 0.190. The third-order valence-corrected chi connectivity index (χ3v) is 4.46. The minimum absolute atomic E-state index is 0.400. The first-order valence-electron chi connectivity index (χ1n) is 8.17. The van der Waals surface area contributed by atoms with Crippen molar-refractivity contribution >= 4 is 0 Å². The van der Waals surface area contributed by atoms with Gasteiger partial charge in [0.25, 0.3) is 0 Å². The highest BCUT2D eigenvalue weighted by molar-refractivity contribution is 5.08. The molecule has 1 unspecified atom stereocenters. The quantitative estimate of drug-likeness (QED) is 0.779. The van der Waals surface area contributed by atoms with Crippen molar-refractivity contribution in [3.05, 3.63) is 18.0 Å². The molecule has 1 aliphatic heterocycles. The fourth-order valence-corrected chi connectivity index (χ4v) is 2.80. The molecule has 1 atom stereocenters. The van der Waals surface area contributed by atoms with Gasteiger partial charge in [-0.25, -0.2) is 0 Å². The van der Waals surface area contributed by atoms with Crippen LogP contribution >= 0.6 is 0 Å². The zero-order valence-electron chi connectivity index (χ0n) is 13.3. The summed E-state index contributed by atoms with van der Waals surface area (Å²) >= 11 is 0. The van der Waals surface area contributed by atoms with Crippen LogP contribution in [-0.4, -0.2) is 40.9 Å². The number of aryl methyl sites for hydroxylation is 1. The molecule has 0 saturated carbocycles. The molecule has 2 rings (SSSR count). The van der Waals surface area contributed by atoms with E-state index >= 15 is 0 Å². The molecule has 0 spiro atoms. The van der Waals surface area contributed by atoms with E-state index in [0.717, 1.165) is 19.0 Å². The zero-order chi connectivity index (χ0) is 14.4. The molecule has 4 nitrogen and oxygen atoms in total. The molecule has 1 saturated heterocycles. The number of nitrogens with zero attached hydrogens (tertiary/aromatic N) is 3. The van der Waals surface area contributed by atoms with Crippen LogP contribution < -0.4 is 5.32 Å². The predicted molar refractivity (Wildman–Crippen MR) is 83.8 cm³/mol. The summed E-state index contributed by atoms with van der Waals surface area (Å²) < 4.78 is 1.99. The first kappa shape index (κ1) is 15.5. The van der Waals surface area contributed by atoms with Crippen LogP contribution in [0, 0.1) is 5.92 Å². The number of hydrogen-bond donors (Lipinski definition) is 1. The van der Waals surface area contributed by atoms with Gasteiger partial charge in [0.05, 0.1) is 6.20 Å². The van der Waals surface area contributed by atoms with Crippen LogP contribution in [0.3, 0.4) is 0 Å². The predicted octanol–water partition coefficient (Wildman–Crippen LogP) is 2.68. The van der Waals surface area contributed by atoms with Gasteiger partial charge < -0.3 is 10.2 Å². The Morgan fingerprint density at radius 1 is 1.40 bits per heavy atom. The van der Waals surface area contributed by atoms with Gasteiger partial charge in [0.1, 0.15) is 0 Å². The molecular weight excluding hydrogens is 248 g/mol. The van der Waals surface area contributed by atoms with Gasteiger partial charge in [-0.15, -0.1) is 0 Å². The maximum atomic E-state index is 4.33. The second-order valence-electron chi connectivity index (χ2n) is 6.18. The summed E-state index contributed by atoms with van der Waals surface area (Å²) in [6, 6.07) is 0.400. The summed E-state index contributed by atoms with van der Waals surface area (Å²) in [4.78, 5) is 2.61. The molecule has 4 heteroatoms. The van der Waals surface area contributed by atoms with Crippen LogP contribution in [0.1, 0.15) is 51.6 Å². The van der Waals surface area contributed by atoms with E-state index in [1.165, 1.54) is 44.5 Å². The van der Waals surface area contributed by atoms with Crippen LogP contribution in [0.2, 0.25) is 0 Å². The van der Waals surface area contributed by atoms with Gasteiger partial charge in [-0.05, 0) is 65.2 Å². The number of aromatic nitrogens is 2. The van der Waals surface area contributed by atoms with Crippen LogP contribution in [0.25, 0.3) is 0 Å². The Hall–Kier alpha value is -0.870. The molecular formula is C16H30N4. The Kier molecular flexibility index (Phi) is 6.05. The molecule has 2 heterocycles. The first-order chi connectivity index (χ1) is 9.69. The van der Waals surface area contributed by atoms with E-state index in [4.69, 9.17) is 0 Å². The Balaban J connectivity index is 1.60. The molecule has 114 valence electrons. The molecule has 0 aromatic carbocycles. The second-order valence-corrected chi connectivity index (χ2v) is 6.18. The largest absolute Gasteiger partial charge is 0.310 e. The van der Waals surface area contributed by atoms with Gasteiger partial charge >= 0.3 is 0 Å². The highest BCUT2D eigenvalue weighted by Crippen LogP contribution is 2.16. The third kappa shape index (κ3) is 4.60. The fraction of sp³-hybridized carbons (Fsp3) is 0.812. The van der Waals surface area contributed by atoms with E-state index in [2.05, 4.69) is 42.3 Å². The van der Waals surface area contributed by atoms with Crippen molar-refractivity contribution in [2.24, 2.45) is 5.92 Å². The summed E-state index contributed by atoms with van der Waals surface area (Å²) in [5.74, 6) is 0.930. The van der Waals surface area contributed by atoms with Crippen molar-refractivity contribution in [1.82, 2.24) is 20.0 Å². The van der Waals surface area contributed by atoms with E-state index < -0.39 is 0 Å². The number of nitrogens with one attached hydrogen (secondary N) is 1. The van der Waals surface area contributed by atoms with Crippen molar-refractivity contribution in [2.75, 3.05) is 26.2 Å². The van der Waals surface area contributed by atoms with E-state index in [1.807, 2.05) is 10.9 Å². The van der Waals surface area contributed by atoms with Crippen molar-refractivity contribution in [3.63, 3.8) is 0 Å². The fourth-order valence-electron chi connectivity index (χ4n) is 2.80. The molecule has 20 heavy (non-hydrogen) atoms. The SMILES string of the molecule is CCn1cc(C(C)NCCCN2CCC(C)CC2)cn1. The van der Waals surface area contributed by atoms with Crippen molar-refractivity contribution in [1.29, 1.82) is 0 Å². The molecule has 0 amide bonds. The molecule has 0 aliphatic carbocycles. The molecule has 1 aromatic heterocycles. The van der Waals surface area contributed by atoms with E-state index in [-0.39, 0.29) is 0 Å². The van der Waals surface area contributed by atoms with Crippen LogP contribution in [0.4, 0.5) is 0 Å². The van der Waals surface area contributed by atoms with Gasteiger partial charge in [0, 0.05) is 24.3 Å². The lowest BCUT2D eigenvalue weighted by atomic mass is 9.99. The van der Waals surface area contributed by atoms with Crippen molar-refractivity contribution in [2.45, 2.75) is 52.6 Å². The van der Waals surface area contributed by atoms with E-state index in [0.29, 0.717) is 6.04 Å². The third-order valence-electron chi connectivity index (χ3n) is 4.46. The number of likely N-dealkylation sites (tertiary alicyclic amines) is 1.